The van der Waals surface area contributed by atoms with Crippen LogP contribution in [0.15, 0.2) is 35.4 Å². The van der Waals surface area contributed by atoms with Crippen molar-refractivity contribution < 1.29 is 8.42 Å². The first-order valence-corrected chi connectivity index (χ1v) is 7.76. The average molecular weight is 305 g/mol. The van der Waals surface area contributed by atoms with Gasteiger partial charge in [0.15, 0.2) is 5.82 Å². The molecule has 0 amide bonds. The molecule has 0 aliphatic heterocycles. The van der Waals surface area contributed by atoms with Gasteiger partial charge in [0.05, 0.1) is 11.6 Å². The number of nitrogen functional groups attached to an aromatic ring is 1. The Bertz CT molecular complexity index is 772. The van der Waals surface area contributed by atoms with Crippen molar-refractivity contribution in [3.63, 3.8) is 0 Å². The molecule has 1 aromatic heterocycles. The lowest BCUT2D eigenvalue weighted by Crippen LogP contribution is -2.23. The summed E-state index contributed by atoms with van der Waals surface area (Å²) in [5, 5.41) is 12.6. The summed E-state index contributed by atoms with van der Waals surface area (Å²) in [4.78, 5) is -0.0296. The lowest BCUT2D eigenvalue weighted by atomic mass is 10.1. The molecule has 0 spiro atoms. The number of hydrogen-bond acceptors (Lipinski definition) is 5. The number of aromatic nitrogens is 2. The summed E-state index contributed by atoms with van der Waals surface area (Å²) < 4.78 is 28.3. The maximum Gasteiger partial charge on any atom is 0.246 e. The molecule has 110 valence electrons. The van der Waals surface area contributed by atoms with Gasteiger partial charge in [0.2, 0.25) is 10.0 Å². The Morgan fingerprint density at radius 1 is 1.38 bits per heavy atom. The fourth-order valence-corrected chi connectivity index (χ4v) is 2.83. The number of benzene rings is 1. The first-order valence-electron chi connectivity index (χ1n) is 6.28. The van der Waals surface area contributed by atoms with Crippen LogP contribution < -0.4 is 10.5 Å². The van der Waals surface area contributed by atoms with Crippen LogP contribution in [0, 0.1) is 11.3 Å². The zero-order valence-electron chi connectivity index (χ0n) is 11.4. The Morgan fingerprint density at radius 2 is 2.05 bits per heavy atom. The molecule has 1 aromatic carbocycles. The number of rotatable bonds is 5. The summed E-state index contributed by atoms with van der Waals surface area (Å²) >= 11 is 0. The van der Waals surface area contributed by atoms with Gasteiger partial charge >= 0.3 is 0 Å². The maximum atomic E-state index is 12.2. The van der Waals surface area contributed by atoms with E-state index in [-0.39, 0.29) is 17.3 Å². The highest BCUT2D eigenvalue weighted by molar-refractivity contribution is 7.89. The molecular formula is C13H15N5O2S. The van der Waals surface area contributed by atoms with Crippen molar-refractivity contribution in [3.8, 4) is 6.07 Å². The molecule has 21 heavy (non-hydrogen) atoms. The van der Waals surface area contributed by atoms with Crippen LogP contribution in [-0.4, -0.2) is 18.2 Å². The lowest BCUT2D eigenvalue weighted by molar-refractivity contribution is 0.581. The first-order chi connectivity index (χ1) is 9.96. The molecule has 0 aliphatic rings. The van der Waals surface area contributed by atoms with Crippen molar-refractivity contribution in [1.82, 2.24) is 14.5 Å². The van der Waals surface area contributed by atoms with Gasteiger partial charge in [-0.15, -0.1) is 0 Å². The first kappa shape index (κ1) is 15.0. The Labute approximate surface area is 123 Å². The summed E-state index contributed by atoms with van der Waals surface area (Å²) in [5.74, 6) is -0.0239. The van der Waals surface area contributed by atoms with Crippen LogP contribution >= 0.6 is 0 Å². The van der Waals surface area contributed by atoms with Crippen LogP contribution in [0.4, 0.5) is 5.82 Å². The average Bonchev–Trinajstić information content (AvgIpc) is 2.88. The topological polar surface area (TPSA) is 114 Å². The second kappa shape index (κ2) is 5.95. The molecule has 0 fully saturated rings. The second-order valence-corrected chi connectivity index (χ2v) is 6.10. The quantitative estimate of drug-likeness (QED) is 0.849. The van der Waals surface area contributed by atoms with E-state index in [1.165, 1.54) is 10.9 Å². The molecule has 1 heterocycles. The van der Waals surface area contributed by atoms with E-state index in [9.17, 15) is 8.42 Å². The number of nitrogens with two attached hydrogens (primary N) is 1. The predicted octanol–water partition coefficient (Wildman–Crippen LogP) is 0.835. The molecule has 0 aliphatic carbocycles. The maximum absolute atomic E-state index is 12.2. The molecule has 0 saturated carbocycles. The van der Waals surface area contributed by atoms with Gasteiger partial charge in [0.25, 0.3) is 0 Å². The minimum atomic E-state index is -3.72. The van der Waals surface area contributed by atoms with E-state index >= 15 is 0 Å². The molecule has 2 rings (SSSR count). The number of aryl methyl sites for hydroxylation is 1. The normalized spacial score (nSPS) is 11.2. The fraction of sp³-hybridized carbons (Fsp3) is 0.231. The molecule has 3 N–H and O–H groups in total. The van der Waals surface area contributed by atoms with E-state index in [1.54, 1.807) is 24.3 Å². The van der Waals surface area contributed by atoms with E-state index in [4.69, 9.17) is 11.0 Å². The third-order valence-electron chi connectivity index (χ3n) is 2.92. The molecule has 8 heteroatoms. The van der Waals surface area contributed by atoms with Crippen LogP contribution in [0.3, 0.4) is 0 Å². The zero-order chi connectivity index (χ0) is 15.5. The van der Waals surface area contributed by atoms with Crippen LogP contribution in [0.2, 0.25) is 0 Å². The summed E-state index contributed by atoms with van der Waals surface area (Å²) in [6.45, 7) is 2.49. The number of nitriles is 1. The van der Waals surface area contributed by atoms with Crippen molar-refractivity contribution in [2.75, 3.05) is 5.73 Å². The molecule has 0 saturated heterocycles. The number of sulfonamides is 1. The fourth-order valence-electron chi connectivity index (χ4n) is 1.74. The highest BCUT2D eigenvalue weighted by Crippen LogP contribution is 2.16. The van der Waals surface area contributed by atoms with Crippen molar-refractivity contribution >= 4 is 15.8 Å². The summed E-state index contributed by atoms with van der Waals surface area (Å²) in [7, 11) is -3.72. The lowest BCUT2D eigenvalue weighted by Gasteiger charge is -2.05. The number of hydrogen-bond donors (Lipinski definition) is 2. The van der Waals surface area contributed by atoms with E-state index in [2.05, 4.69) is 9.82 Å². The van der Waals surface area contributed by atoms with E-state index < -0.39 is 10.0 Å². The Balaban J connectivity index is 2.13. The summed E-state index contributed by atoms with van der Waals surface area (Å²) in [6.07, 6.45) is 1.40. The van der Waals surface area contributed by atoms with E-state index in [0.29, 0.717) is 12.1 Å². The van der Waals surface area contributed by atoms with E-state index in [1.807, 2.05) is 13.0 Å². The number of anilines is 1. The van der Waals surface area contributed by atoms with Crippen LogP contribution in [-0.2, 0) is 23.1 Å². The smallest absolute Gasteiger partial charge is 0.246 e. The Morgan fingerprint density at radius 3 is 2.57 bits per heavy atom. The van der Waals surface area contributed by atoms with Crippen LogP contribution in [0.1, 0.15) is 18.1 Å². The minimum Gasteiger partial charge on any atom is -0.381 e. The SMILES string of the molecule is CCn1cc(S(=O)(=O)NCc2ccc(C#N)cc2)c(N)n1. The zero-order valence-corrected chi connectivity index (χ0v) is 12.3. The highest BCUT2D eigenvalue weighted by Gasteiger charge is 2.20. The molecule has 0 atom stereocenters. The van der Waals surface area contributed by atoms with Crippen molar-refractivity contribution in [2.45, 2.75) is 24.9 Å². The predicted molar refractivity (Wildman–Crippen MR) is 77.5 cm³/mol. The summed E-state index contributed by atoms with van der Waals surface area (Å²) in [5.41, 5.74) is 6.90. The molecule has 2 aromatic rings. The van der Waals surface area contributed by atoms with Crippen molar-refractivity contribution in [2.24, 2.45) is 0 Å². The van der Waals surface area contributed by atoms with Crippen molar-refractivity contribution in [3.05, 3.63) is 41.6 Å². The van der Waals surface area contributed by atoms with Gasteiger partial charge in [0.1, 0.15) is 4.90 Å². The number of nitrogens with one attached hydrogen (secondary N) is 1. The van der Waals surface area contributed by atoms with Gasteiger partial charge in [-0.1, -0.05) is 12.1 Å². The van der Waals surface area contributed by atoms with Gasteiger partial charge in [-0.3, -0.25) is 4.68 Å². The van der Waals surface area contributed by atoms with Gasteiger partial charge in [-0.05, 0) is 24.6 Å². The second-order valence-electron chi connectivity index (χ2n) is 4.37. The third-order valence-corrected chi connectivity index (χ3v) is 4.34. The standard InChI is InChI=1S/C13H15N5O2S/c1-2-18-9-12(13(15)17-18)21(19,20)16-8-11-5-3-10(7-14)4-6-11/h3-6,9,16H,2,8H2,1H3,(H2,15,17). The molecule has 0 radical (unpaired) electrons. The highest BCUT2D eigenvalue weighted by atomic mass is 32.2. The minimum absolute atomic E-state index is 0.0239. The van der Waals surface area contributed by atoms with E-state index in [0.717, 1.165) is 5.56 Å². The summed E-state index contributed by atoms with van der Waals surface area (Å²) in [6, 6.07) is 8.66. The number of nitrogens with zero attached hydrogens (tertiary/aromatic N) is 3. The van der Waals surface area contributed by atoms with Crippen molar-refractivity contribution in [1.29, 1.82) is 5.26 Å². The van der Waals surface area contributed by atoms with Gasteiger partial charge in [-0.25, -0.2) is 13.1 Å². The Kier molecular flexibility index (Phi) is 4.26. The monoisotopic (exact) mass is 305 g/mol. The molecule has 0 unspecified atom stereocenters. The Hall–Kier alpha value is -2.37. The third kappa shape index (κ3) is 3.39. The molecule has 0 bridgehead atoms. The van der Waals surface area contributed by atoms with Gasteiger partial charge < -0.3 is 5.73 Å². The molecule has 7 nitrogen and oxygen atoms in total. The van der Waals surface area contributed by atoms with Gasteiger partial charge in [0, 0.05) is 19.3 Å². The van der Waals surface area contributed by atoms with Crippen LogP contribution in [0.5, 0.6) is 0 Å². The molecular weight excluding hydrogens is 290 g/mol. The largest absolute Gasteiger partial charge is 0.381 e. The van der Waals surface area contributed by atoms with Gasteiger partial charge in [-0.2, -0.15) is 10.4 Å². The van der Waals surface area contributed by atoms with Crippen LogP contribution in [0.25, 0.3) is 0 Å².